The number of H-pyrrole nitrogens is 1. The van der Waals surface area contributed by atoms with Crippen molar-refractivity contribution in [1.82, 2.24) is 25.1 Å². The number of fused-ring (bicyclic) bond motifs is 1. The average molecular weight is 567 g/mol. The maximum atomic E-state index is 13.3. The lowest BCUT2D eigenvalue weighted by Crippen LogP contribution is -2.51. The number of likely N-dealkylation sites (tertiary alicyclic amines) is 1. The molecule has 0 saturated carbocycles. The smallest absolute Gasteiger partial charge is 0.326 e. The first-order valence-electron chi connectivity index (χ1n) is 13.6. The summed E-state index contributed by atoms with van der Waals surface area (Å²) >= 11 is 1.54. The van der Waals surface area contributed by atoms with Crippen LogP contribution in [0.3, 0.4) is 0 Å². The molecule has 1 aromatic heterocycles. The molecule has 11 heteroatoms. The van der Waals surface area contributed by atoms with Crippen molar-refractivity contribution in [3.63, 3.8) is 0 Å². The summed E-state index contributed by atoms with van der Waals surface area (Å²) < 4.78 is 0. The number of hydrogen-bond donors (Lipinski definition) is 4. The number of rotatable bonds is 14. The molecule has 0 radical (unpaired) electrons. The monoisotopic (exact) mass is 566 g/mol. The Morgan fingerprint density at radius 2 is 2.05 bits per heavy atom. The van der Waals surface area contributed by atoms with Gasteiger partial charge in [0.05, 0.1) is 18.9 Å². The highest BCUT2D eigenvalue weighted by molar-refractivity contribution is 7.98. The second-order valence-corrected chi connectivity index (χ2v) is 11.2. The standard InChI is InChI=1S/C29H38N6O4S/c1-40-13-11-26(29(38)39)33-27(36)18-34(16-21-8-4-7-20-6-2-3-10-24(20)21)17-23-9-5-12-35(23)28(37)25(30)14-22-15-31-19-32-22/h2-4,6-8,10,15,19,23,25-26H,5,9,11-14,16-18,30H2,1H3,(H,31,32)(H,33,36)(H,38,39)/t23-,25+,26-/m0/s1. The fourth-order valence-electron chi connectivity index (χ4n) is 5.34. The zero-order valence-corrected chi connectivity index (χ0v) is 23.6. The van der Waals surface area contributed by atoms with Crippen molar-refractivity contribution in [3.8, 4) is 0 Å². The highest BCUT2D eigenvalue weighted by Gasteiger charge is 2.33. The Morgan fingerprint density at radius 1 is 1.25 bits per heavy atom. The Labute approximate surface area is 238 Å². The van der Waals surface area contributed by atoms with Crippen LogP contribution in [-0.4, -0.2) is 92.4 Å². The minimum Gasteiger partial charge on any atom is -0.480 e. The molecule has 3 aromatic rings. The number of carboxylic acids is 1. The van der Waals surface area contributed by atoms with Crippen LogP contribution in [0.1, 0.15) is 30.5 Å². The molecule has 1 fully saturated rings. The Balaban J connectivity index is 1.51. The number of benzene rings is 2. The zero-order valence-electron chi connectivity index (χ0n) is 22.8. The summed E-state index contributed by atoms with van der Waals surface area (Å²) in [5, 5.41) is 14.5. The van der Waals surface area contributed by atoms with E-state index in [1.54, 1.807) is 24.3 Å². The number of aliphatic carboxylic acids is 1. The van der Waals surface area contributed by atoms with Crippen molar-refractivity contribution in [2.75, 3.05) is 31.6 Å². The molecule has 2 amide bonds. The second kappa shape index (κ2) is 14.3. The number of nitrogens with two attached hydrogens (primary N) is 1. The number of thioether (sulfide) groups is 1. The van der Waals surface area contributed by atoms with Gasteiger partial charge < -0.3 is 26.0 Å². The molecule has 0 unspecified atom stereocenters. The van der Waals surface area contributed by atoms with Crippen molar-refractivity contribution >= 4 is 40.3 Å². The summed E-state index contributed by atoms with van der Waals surface area (Å²) in [4.78, 5) is 49.1. The van der Waals surface area contributed by atoms with Gasteiger partial charge in [0.15, 0.2) is 0 Å². The molecule has 214 valence electrons. The number of amides is 2. The van der Waals surface area contributed by atoms with Gasteiger partial charge in [0, 0.05) is 44.0 Å². The van der Waals surface area contributed by atoms with Gasteiger partial charge >= 0.3 is 5.97 Å². The van der Waals surface area contributed by atoms with Crippen LogP contribution in [0.2, 0.25) is 0 Å². The number of aromatic amines is 1. The van der Waals surface area contributed by atoms with Crippen LogP contribution in [0.4, 0.5) is 0 Å². The lowest BCUT2D eigenvalue weighted by atomic mass is 10.0. The fraction of sp³-hybridized carbons (Fsp3) is 0.448. The Morgan fingerprint density at radius 3 is 2.80 bits per heavy atom. The van der Waals surface area contributed by atoms with Gasteiger partial charge in [0.1, 0.15) is 6.04 Å². The molecule has 10 nitrogen and oxygen atoms in total. The van der Waals surface area contributed by atoms with Crippen LogP contribution in [0.15, 0.2) is 55.0 Å². The van der Waals surface area contributed by atoms with Gasteiger partial charge in [-0.1, -0.05) is 42.5 Å². The second-order valence-electron chi connectivity index (χ2n) is 10.3. The molecule has 1 aliphatic heterocycles. The number of imidazole rings is 1. The van der Waals surface area contributed by atoms with Gasteiger partial charge in [0.25, 0.3) is 0 Å². The van der Waals surface area contributed by atoms with Crippen molar-refractivity contribution in [2.45, 2.75) is 50.4 Å². The Bertz CT molecular complexity index is 1280. The summed E-state index contributed by atoms with van der Waals surface area (Å²) in [5.74, 6) is -0.869. The largest absolute Gasteiger partial charge is 0.480 e. The van der Waals surface area contributed by atoms with Crippen molar-refractivity contribution in [1.29, 1.82) is 0 Å². The number of hydrogen-bond acceptors (Lipinski definition) is 7. The summed E-state index contributed by atoms with van der Waals surface area (Å²) in [6.45, 7) is 1.59. The minimum absolute atomic E-state index is 0.0188. The molecular formula is C29H38N6O4S. The van der Waals surface area contributed by atoms with E-state index in [1.807, 2.05) is 40.3 Å². The van der Waals surface area contributed by atoms with Crippen LogP contribution in [0.25, 0.3) is 10.8 Å². The fourth-order valence-corrected chi connectivity index (χ4v) is 5.81. The molecule has 3 atom stereocenters. The summed E-state index contributed by atoms with van der Waals surface area (Å²) in [5.41, 5.74) is 8.17. The quantitative estimate of drug-likeness (QED) is 0.233. The lowest BCUT2D eigenvalue weighted by molar-refractivity contribution is -0.142. The first kappa shape index (κ1) is 29.6. The normalized spacial score (nSPS) is 16.8. The van der Waals surface area contributed by atoms with E-state index in [2.05, 4.69) is 33.5 Å². The van der Waals surface area contributed by atoms with Gasteiger partial charge in [-0.05, 0) is 47.6 Å². The highest BCUT2D eigenvalue weighted by atomic mass is 32.2. The highest BCUT2D eigenvalue weighted by Crippen LogP contribution is 2.23. The van der Waals surface area contributed by atoms with Crippen LogP contribution in [0.5, 0.6) is 0 Å². The lowest BCUT2D eigenvalue weighted by Gasteiger charge is -2.32. The van der Waals surface area contributed by atoms with Crippen molar-refractivity contribution in [2.24, 2.45) is 5.73 Å². The van der Waals surface area contributed by atoms with E-state index in [4.69, 9.17) is 5.73 Å². The number of carbonyl (C=O) groups excluding carboxylic acids is 2. The topological polar surface area (TPSA) is 145 Å². The Kier molecular flexibility index (Phi) is 10.6. The number of carbonyl (C=O) groups is 3. The number of aromatic nitrogens is 2. The van der Waals surface area contributed by atoms with Crippen LogP contribution in [-0.2, 0) is 27.3 Å². The summed E-state index contributed by atoms with van der Waals surface area (Å²) in [7, 11) is 0. The third kappa shape index (κ3) is 7.83. The van der Waals surface area contributed by atoms with E-state index in [0.717, 1.165) is 34.9 Å². The van der Waals surface area contributed by atoms with E-state index >= 15 is 0 Å². The number of nitrogens with one attached hydrogen (secondary N) is 2. The van der Waals surface area contributed by atoms with E-state index < -0.39 is 18.1 Å². The van der Waals surface area contributed by atoms with E-state index in [-0.39, 0.29) is 24.4 Å². The van der Waals surface area contributed by atoms with Crippen LogP contribution < -0.4 is 11.1 Å². The molecule has 5 N–H and O–H groups in total. The number of carboxylic acid groups (broad SMARTS) is 1. The number of nitrogens with zero attached hydrogens (tertiary/aromatic N) is 3. The predicted octanol–water partition coefficient (Wildman–Crippen LogP) is 2.25. The molecule has 1 aliphatic rings. The van der Waals surface area contributed by atoms with Crippen molar-refractivity contribution < 1.29 is 19.5 Å². The predicted molar refractivity (Wildman–Crippen MR) is 157 cm³/mol. The first-order chi connectivity index (χ1) is 19.4. The molecule has 0 spiro atoms. The molecule has 2 aromatic carbocycles. The van der Waals surface area contributed by atoms with Crippen LogP contribution in [0, 0.1) is 0 Å². The molecule has 40 heavy (non-hydrogen) atoms. The Hall–Kier alpha value is -3.41. The van der Waals surface area contributed by atoms with Gasteiger partial charge in [-0.25, -0.2) is 9.78 Å². The average Bonchev–Trinajstić information content (AvgIpc) is 3.63. The van der Waals surface area contributed by atoms with Gasteiger partial charge in [-0.15, -0.1) is 0 Å². The van der Waals surface area contributed by atoms with E-state index in [1.165, 1.54) is 0 Å². The van der Waals surface area contributed by atoms with E-state index in [9.17, 15) is 19.5 Å². The zero-order chi connectivity index (χ0) is 28.5. The summed E-state index contributed by atoms with van der Waals surface area (Å²) in [6, 6.07) is 12.5. The third-order valence-corrected chi connectivity index (χ3v) is 7.97. The maximum absolute atomic E-state index is 13.3. The third-order valence-electron chi connectivity index (χ3n) is 7.33. The van der Waals surface area contributed by atoms with Crippen molar-refractivity contribution in [3.05, 3.63) is 66.2 Å². The summed E-state index contributed by atoms with van der Waals surface area (Å²) in [6.07, 6.45) is 7.53. The molecule has 0 aliphatic carbocycles. The van der Waals surface area contributed by atoms with Gasteiger partial charge in [-0.2, -0.15) is 11.8 Å². The molecular weight excluding hydrogens is 528 g/mol. The molecule has 2 heterocycles. The van der Waals surface area contributed by atoms with Gasteiger partial charge in [-0.3, -0.25) is 14.5 Å². The molecule has 0 bridgehead atoms. The molecule has 1 saturated heterocycles. The SMILES string of the molecule is CSCC[C@H](NC(=O)CN(Cc1cccc2ccccc12)C[C@@H]1CCCN1C(=O)[C@H](N)Cc1cnc[nH]1)C(=O)O. The maximum Gasteiger partial charge on any atom is 0.326 e. The molecule has 4 rings (SSSR count). The van der Waals surface area contributed by atoms with Crippen LogP contribution >= 0.6 is 11.8 Å². The van der Waals surface area contributed by atoms with Gasteiger partial charge in [0.2, 0.25) is 11.8 Å². The van der Waals surface area contributed by atoms with E-state index in [0.29, 0.717) is 38.2 Å². The first-order valence-corrected chi connectivity index (χ1v) is 15.0. The minimum atomic E-state index is -1.04.